The molecule has 6 heteroatoms. The summed E-state index contributed by atoms with van der Waals surface area (Å²) in [6.07, 6.45) is 2.78. The Bertz CT molecular complexity index is 484. The number of rotatable bonds is 5. The summed E-state index contributed by atoms with van der Waals surface area (Å²) in [5.41, 5.74) is 0.806. The molecule has 114 valence electrons. The topological polar surface area (TPSA) is 59.6 Å². The normalized spacial score (nSPS) is 17.3. The van der Waals surface area contributed by atoms with Crippen molar-refractivity contribution in [2.75, 3.05) is 18.5 Å². The molecule has 1 aliphatic heterocycles. The van der Waals surface area contributed by atoms with Crippen LogP contribution < -0.4 is 15.4 Å². The highest BCUT2D eigenvalue weighted by Gasteiger charge is 2.15. The van der Waals surface area contributed by atoms with Gasteiger partial charge in [-0.2, -0.15) is 0 Å². The fraction of sp³-hybridized carbons (Fsp3) is 0.467. The molecule has 2 N–H and O–H groups in total. The summed E-state index contributed by atoms with van der Waals surface area (Å²) in [6, 6.07) is 7.44. The molecule has 0 spiro atoms. The lowest BCUT2D eigenvalue weighted by Crippen LogP contribution is -2.33. The minimum Gasteiger partial charge on any atom is -0.491 e. The Hall–Kier alpha value is -1.66. The first-order valence-electron chi connectivity index (χ1n) is 7.12. The Labute approximate surface area is 130 Å². The van der Waals surface area contributed by atoms with E-state index in [2.05, 4.69) is 10.6 Å². The summed E-state index contributed by atoms with van der Waals surface area (Å²) in [4.78, 5) is 11.2. The maximum Gasteiger partial charge on any atom is 0.225 e. The van der Waals surface area contributed by atoms with E-state index in [4.69, 9.17) is 21.7 Å². The third kappa shape index (κ3) is 5.32. The van der Waals surface area contributed by atoms with Gasteiger partial charge in [0, 0.05) is 18.7 Å². The summed E-state index contributed by atoms with van der Waals surface area (Å²) >= 11 is 5.04. The fourth-order valence-electron chi connectivity index (χ4n) is 1.98. The van der Waals surface area contributed by atoms with Gasteiger partial charge in [0.25, 0.3) is 0 Å². The van der Waals surface area contributed by atoms with Crippen LogP contribution in [0.1, 0.15) is 26.2 Å². The van der Waals surface area contributed by atoms with Crippen LogP contribution in [0.4, 0.5) is 5.69 Å². The van der Waals surface area contributed by atoms with E-state index in [1.54, 1.807) is 6.92 Å². The molecular formula is C15H20N2O3S. The average molecular weight is 308 g/mol. The molecule has 0 aliphatic carbocycles. The molecule has 1 aromatic rings. The van der Waals surface area contributed by atoms with Gasteiger partial charge in [0.15, 0.2) is 5.11 Å². The number of anilines is 1. The van der Waals surface area contributed by atoms with Crippen molar-refractivity contribution in [1.29, 1.82) is 0 Å². The summed E-state index contributed by atoms with van der Waals surface area (Å²) < 4.78 is 11.2. The van der Waals surface area contributed by atoms with E-state index in [0.29, 0.717) is 18.1 Å². The SMILES string of the molecule is CCC(=O)NC(=S)Nc1ccc(OCC2CCCO2)cc1. The van der Waals surface area contributed by atoms with E-state index in [1.807, 2.05) is 24.3 Å². The van der Waals surface area contributed by atoms with E-state index in [1.165, 1.54) is 0 Å². The molecule has 5 nitrogen and oxygen atoms in total. The lowest BCUT2D eigenvalue weighted by atomic mass is 10.2. The number of nitrogens with one attached hydrogen (secondary N) is 2. The van der Waals surface area contributed by atoms with Gasteiger partial charge in [-0.05, 0) is 49.3 Å². The second-order valence-corrected chi connectivity index (χ2v) is 5.23. The molecule has 1 aromatic carbocycles. The van der Waals surface area contributed by atoms with Crippen molar-refractivity contribution in [3.05, 3.63) is 24.3 Å². The first-order valence-corrected chi connectivity index (χ1v) is 7.53. The zero-order valence-electron chi connectivity index (χ0n) is 12.1. The first kappa shape index (κ1) is 15.7. The monoisotopic (exact) mass is 308 g/mol. The minimum atomic E-state index is -0.107. The van der Waals surface area contributed by atoms with Gasteiger partial charge in [-0.25, -0.2) is 0 Å². The molecule has 2 rings (SSSR count). The van der Waals surface area contributed by atoms with Crippen molar-refractivity contribution in [3.63, 3.8) is 0 Å². The first-order chi connectivity index (χ1) is 10.2. The minimum absolute atomic E-state index is 0.107. The molecule has 1 atom stereocenters. The molecule has 0 bridgehead atoms. The van der Waals surface area contributed by atoms with Crippen LogP contribution in [0.2, 0.25) is 0 Å². The smallest absolute Gasteiger partial charge is 0.225 e. The molecule has 1 fully saturated rings. The molecule has 1 saturated heterocycles. The highest BCUT2D eigenvalue weighted by molar-refractivity contribution is 7.80. The van der Waals surface area contributed by atoms with E-state index in [-0.39, 0.29) is 12.0 Å². The number of hydrogen-bond donors (Lipinski definition) is 2. The van der Waals surface area contributed by atoms with Crippen LogP contribution in [0, 0.1) is 0 Å². The average Bonchev–Trinajstić information content (AvgIpc) is 2.99. The highest BCUT2D eigenvalue weighted by atomic mass is 32.1. The Morgan fingerprint density at radius 1 is 1.43 bits per heavy atom. The number of carbonyl (C=O) groups is 1. The van der Waals surface area contributed by atoms with Gasteiger partial charge in [-0.3, -0.25) is 4.79 Å². The van der Waals surface area contributed by atoms with Crippen LogP contribution in [-0.2, 0) is 9.53 Å². The van der Waals surface area contributed by atoms with Crippen molar-refractivity contribution in [2.45, 2.75) is 32.3 Å². The Kier molecular flexibility index (Phi) is 5.95. The number of ether oxygens (including phenoxy) is 2. The van der Waals surface area contributed by atoms with Gasteiger partial charge in [-0.1, -0.05) is 6.92 Å². The summed E-state index contributed by atoms with van der Waals surface area (Å²) in [5, 5.41) is 5.84. The van der Waals surface area contributed by atoms with Crippen molar-refractivity contribution in [2.24, 2.45) is 0 Å². The van der Waals surface area contributed by atoms with Crippen molar-refractivity contribution >= 4 is 28.9 Å². The molecular weight excluding hydrogens is 288 g/mol. The second-order valence-electron chi connectivity index (χ2n) is 4.83. The lowest BCUT2D eigenvalue weighted by Gasteiger charge is -2.12. The maximum atomic E-state index is 11.2. The summed E-state index contributed by atoms with van der Waals surface area (Å²) in [6.45, 7) is 3.19. The number of thiocarbonyl (C=S) groups is 1. The Morgan fingerprint density at radius 2 is 2.19 bits per heavy atom. The zero-order valence-corrected chi connectivity index (χ0v) is 12.9. The van der Waals surface area contributed by atoms with Crippen LogP contribution in [0.25, 0.3) is 0 Å². The Balaban J connectivity index is 1.78. The molecule has 1 amide bonds. The van der Waals surface area contributed by atoms with Gasteiger partial charge in [-0.15, -0.1) is 0 Å². The van der Waals surface area contributed by atoms with Crippen molar-refractivity contribution in [3.8, 4) is 5.75 Å². The molecule has 1 aliphatic rings. The molecule has 0 saturated carbocycles. The zero-order chi connectivity index (χ0) is 15.1. The van der Waals surface area contributed by atoms with Crippen LogP contribution in [-0.4, -0.2) is 30.3 Å². The standard InChI is InChI=1S/C15H20N2O3S/c1-2-14(18)17-15(21)16-11-5-7-12(8-6-11)20-10-13-4-3-9-19-13/h5-8,13H,2-4,9-10H2,1H3,(H2,16,17,18,21). The van der Waals surface area contributed by atoms with Gasteiger partial charge in [0.05, 0.1) is 6.10 Å². The van der Waals surface area contributed by atoms with Crippen LogP contribution in [0.5, 0.6) is 5.75 Å². The van der Waals surface area contributed by atoms with Crippen LogP contribution in [0.15, 0.2) is 24.3 Å². The molecule has 0 aromatic heterocycles. The van der Waals surface area contributed by atoms with Gasteiger partial charge >= 0.3 is 0 Å². The molecule has 1 heterocycles. The predicted molar refractivity (Wildman–Crippen MR) is 85.6 cm³/mol. The predicted octanol–water partition coefficient (Wildman–Crippen LogP) is 2.47. The quantitative estimate of drug-likeness (QED) is 0.818. The third-order valence-electron chi connectivity index (χ3n) is 3.15. The van der Waals surface area contributed by atoms with Crippen molar-refractivity contribution < 1.29 is 14.3 Å². The van der Waals surface area contributed by atoms with Gasteiger partial charge in [0.1, 0.15) is 12.4 Å². The van der Waals surface area contributed by atoms with Crippen LogP contribution >= 0.6 is 12.2 Å². The van der Waals surface area contributed by atoms with E-state index in [9.17, 15) is 4.79 Å². The van der Waals surface area contributed by atoms with Gasteiger partial charge < -0.3 is 20.1 Å². The van der Waals surface area contributed by atoms with E-state index >= 15 is 0 Å². The molecule has 21 heavy (non-hydrogen) atoms. The molecule has 1 unspecified atom stereocenters. The number of amides is 1. The maximum absolute atomic E-state index is 11.2. The largest absolute Gasteiger partial charge is 0.491 e. The van der Waals surface area contributed by atoms with E-state index in [0.717, 1.165) is 30.9 Å². The number of benzene rings is 1. The summed E-state index contributed by atoms with van der Waals surface area (Å²) in [5.74, 6) is 0.684. The summed E-state index contributed by atoms with van der Waals surface area (Å²) in [7, 11) is 0. The van der Waals surface area contributed by atoms with Crippen LogP contribution in [0.3, 0.4) is 0 Å². The van der Waals surface area contributed by atoms with E-state index < -0.39 is 0 Å². The van der Waals surface area contributed by atoms with Gasteiger partial charge in [0.2, 0.25) is 5.91 Å². The molecule has 0 radical (unpaired) electrons. The fourth-order valence-corrected chi connectivity index (χ4v) is 2.21. The third-order valence-corrected chi connectivity index (χ3v) is 3.35. The highest BCUT2D eigenvalue weighted by Crippen LogP contribution is 2.18. The van der Waals surface area contributed by atoms with Crippen molar-refractivity contribution in [1.82, 2.24) is 5.32 Å². The number of hydrogen-bond acceptors (Lipinski definition) is 4. The Morgan fingerprint density at radius 3 is 2.81 bits per heavy atom. The lowest BCUT2D eigenvalue weighted by molar-refractivity contribution is -0.119. The second kappa shape index (κ2) is 7.95. The number of carbonyl (C=O) groups excluding carboxylic acids is 1.